The minimum atomic E-state index is -4.70. The van der Waals surface area contributed by atoms with Crippen molar-refractivity contribution in [1.29, 1.82) is 0 Å². The molecule has 0 aliphatic heterocycles. The molecule has 0 aliphatic rings. The third kappa shape index (κ3) is 6.41. The number of anilines is 1. The molecule has 4 rings (SSSR count). The van der Waals surface area contributed by atoms with Crippen LogP contribution in [0, 0.1) is 0 Å². The molecule has 4 aromatic rings. The summed E-state index contributed by atoms with van der Waals surface area (Å²) in [7, 11) is 0. The fourth-order valence-electron chi connectivity index (χ4n) is 3.31. The number of amides is 1. The standard InChI is InChI=1S/C24H13Cl2F6N3OS/c25-16-3-1-2-4-18(16)35-19(12-21(34-35)23(27,28)29)13-5-7-14(8-6-13)22(36)33-15-9-10-20(17(26)11-15)37-24(30,31)32/h1-12H,(H,33,36). The van der Waals surface area contributed by atoms with Gasteiger partial charge in [0.05, 0.1) is 21.4 Å². The number of carbonyl (C=O) groups is 1. The summed E-state index contributed by atoms with van der Waals surface area (Å²) in [5.74, 6) is -0.602. The Balaban J connectivity index is 1.59. The molecule has 37 heavy (non-hydrogen) atoms. The van der Waals surface area contributed by atoms with Gasteiger partial charge in [-0.05, 0) is 60.3 Å². The summed E-state index contributed by atoms with van der Waals surface area (Å²) in [6, 6.07) is 16.4. The second-order valence-electron chi connectivity index (χ2n) is 7.50. The molecule has 0 aliphatic carbocycles. The minimum Gasteiger partial charge on any atom is -0.322 e. The molecule has 0 spiro atoms. The van der Waals surface area contributed by atoms with E-state index in [0.29, 0.717) is 5.56 Å². The summed E-state index contributed by atoms with van der Waals surface area (Å²) in [4.78, 5) is 12.4. The molecule has 0 fully saturated rings. The summed E-state index contributed by atoms with van der Waals surface area (Å²) >= 11 is 11.7. The monoisotopic (exact) mass is 575 g/mol. The van der Waals surface area contributed by atoms with Gasteiger partial charge >= 0.3 is 11.7 Å². The highest BCUT2D eigenvalue weighted by atomic mass is 35.5. The lowest BCUT2D eigenvalue weighted by Gasteiger charge is -2.11. The summed E-state index contributed by atoms with van der Waals surface area (Å²) in [5, 5.41) is 6.20. The van der Waals surface area contributed by atoms with E-state index in [2.05, 4.69) is 10.4 Å². The summed E-state index contributed by atoms with van der Waals surface area (Å²) in [6.45, 7) is 0. The van der Waals surface area contributed by atoms with Crippen molar-refractivity contribution in [1.82, 2.24) is 9.78 Å². The highest BCUT2D eigenvalue weighted by molar-refractivity contribution is 8.00. The molecular formula is C24H13Cl2F6N3OS. The lowest BCUT2D eigenvalue weighted by atomic mass is 10.1. The number of alkyl halides is 6. The minimum absolute atomic E-state index is 0.0944. The maximum Gasteiger partial charge on any atom is 0.446 e. The first kappa shape index (κ1) is 26.9. The van der Waals surface area contributed by atoms with Crippen molar-refractivity contribution in [3.8, 4) is 16.9 Å². The molecule has 1 amide bonds. The number of rotatable bonds is 5. The Hall–Kier alpha value is -3.15. The zero-order chi connectivity index (χ0) is 27.0. The van der Waals surface area contributed by atoms with Crippen LogP contribution in [-0.2, 0) is 6.18 Å². The van der Waals surface area contributed by atoms with Crippen LogP contribution < -0.4 is 5.32 Å². The molecule has 1 heterocycles. The lowest BCUT2D eigenvalue weighted by Crippen LogP contribution is -2.12. The van der Waals surface area contributed by atoms with Gasteiger partial charge in [-0.15, -0.1) is 0 Å². The van der Waals surface area contributed by atoms with Gasteiger partial charge in [-0.1, -0.05) is 47.5 Å². The molecule has 4 nitrogen and oxygen atoms in total. The second kappa shape index (κ2) is 10.3. The second-order valence-corrected chi connectivity index (χ2v) is 9.42. The molecule has 0 atom stereocenters. The van der Waals surface area contributed by atoms with E-state index in [0.717, 1.165) is 16.8 Å². The van der Waals surface area contributed by atoms with Crippen molar-refractivity contribution in [3.05, 3.63) is 94.1 Å². The number of hydrogen-bond acceptors (Lipinski definition) is 3. The third-order valence-electron chi connectivity index (χ3n) is 4.94. The van der Waals surface area contributed by atoms with Gasteiger partial charge in [0.25, 0.3) is 5.91 Å². The van der Waals surface area contributed by atoms with E-state index in [1.807, 2.05) is 0 Å². The van der Waals surface area contributed by atoms with Gasteiger partial charge in [0.2, 0.25) is 0 Å². The number of para-hydroxylation sites is 1. The summed E-state index contributed by atoms with van der Waals surface area (Å²) in [6.07, 6.45) is -4.70. The first-order chi connectivity index (χ1) is 17.3. The summed E-state index contributed by atoms with van der Waals surface area (Å²) in [5.41, 5.74) is -4.66. The molecule has 0 saturated carbocycles. The number of aromatic nitrogens is 2. The van der Waals surface area contributed by atoms with E-state index >= 15 is 0 Å². The normalized spacial score (nSPS) is 12.0. The van der Waals surface area contributed by atoms with Crippen LogP contribution in [-0.4, -0.2) is 21.2 Å². The van der Waals surface area contributed by atoms with Gasteiger partial charge in [0, 0.05) is 21.7 Å². The van der Waals surface area contributed by atoms with Crippen molar-refractivity contribution < 1.29 is 31.1 Å². The molecule has 1 aromatic heterocycles. The molecule has 192 valence electrons. The number of thioether (sulfide) groups is 1. The van der Waals surface area contributed by atoms with E-state index in [1.54, 1.807) is 12.1 Å². The van der Waals surface area contributed by atoms with E-state index < -0.39 is 23.3 Å². The lowest BCUT2D eigenvalue weighted by molar-refractivity contribution is -0.141. The average molecular weight is 576 g/mol. The zero-order valence-electron chi connectivity index (χ0n) is 18.2. The maximum atomic E-state index is 13.4. The van der Waals surface area contributed by atoms with Crippen LogP contribution >= 0.6 is 35.0 Å². The van der Waals surface area contributed by atoms with Gasteiger partial charge in [-0.2, -0.15) is 31.4 Å². The first-order valence-corrected chi connectivity index (χ1v) is 11.8. The zero-order valence-corrected chi connectivity index (χ0v) is 20.5. The molecule has 0 saturated heterocycles. The number of nitrogens with zero attached hydrogens (tertiary/aromatic N) is 2. The Morgan fingerprint density at radius 1 is 0.865 bits per heavy atom. The van der Waals surface area contributed by atoms with E-state index in [-0.39, 0.29) is 49.3 Å². The van der Waals surface area contributed by atoms with Crippen molar-refractivity contribution in [2.24, 2.45) is 0 Å². The predicted molar refractivity (Wildman–Crippen MR) is 130 cm³/mol. The molecule has 3 aromatic carbocycles. The Labute approximate surface area is 220 Å². The van der Waals surface area contributed by atoms with Crippen molar-refractivity contribution >= 4 is 46.6 Å². The highest BCUT2D eigenvalue weighted by Crippen LogP contribution is 2.41. The Bertz CT molecular complexity index is 1450. The first-order valence-electron chi connectivity index (χ1n) is 10.2. The molecule has 13 heteroatoms. The van der Waals surface area contributed by atoms with Crippen molar-refractivity contribution in [3.63, 3.8) is 0 Å². The molecule has 0 unspecified atom stereocenters. The fourth-order valence-corrected chi connectivity index (χ4v) is 4.37. The SMILES string of the molecule is O=C(Nc1ccc(SC(F)(F)F)c(Cl)c1)c1ccc(-c2cc(C(F)(F)F)nn2-c2ccccc2Cl)cc1. The predicted octanol–water partition coefficient (Wildman–Crippen LogP) is 8.73. The van der Waals surface area contributed by atoms with E-state index in [1.165, 1.54) is 48.5 Å². The molecule has 0 radical (unpaired) electrons. The highest BCUT2D eigenvalue weighted by Gasteiger charge is 2.35. The Morgan fingerprint density at radius 3 is 2.14 bits per heavy atom. The van der Waals surface area contributed by atoms with Gasteiger partial charge in [-0.3, -0.25) is 4.79 Å². The quantitative estimate of drug-likeness (QED) is 0.191. The number of nitrogens with one attached hydrogen (secondary N) is 1. The van der Waals surface area contributed by atoms with Crippen LogP contribution in [0.4, 0.5) is 32.0 Å². The molecule has 1 N–H and O–H groups in total. The Morgan fingerprint density at radius 2 is 1.54 bits per heavy atom. The van der Waals surface area contributed by atoms with Crippen LogP contribution in [0.5, 0.6) is 0 Å². The van der Waals surface area contributed by atoms with Crippen LogP contribution in [0.15, 0.2) is 77.7 Å². The number of hydrogen-bond donors (Lipinski definition) is 1. The fraction of sp³-hybridized carbons (Fsp3) is 0.0833. The number of halogens is 8. The summed E-state index contributed by atoms with van der Waals surface area (Å²) < 4.78 is 79.0. The third-order valence-corrected chi connectivity index (χ3v) is 6.49. The van der Waals surface area contributed by atoms with Crippen LogP contribution in [0.2, 0.25) is 10.0 Å². The van der Waals surface area contributed by atoms with Crippen LogP contribution in [0.25, 0.3) is 16.9 Å². The Kier molecular flexibility index (Phi) is 7.50. The number of benzene rings is 3. The van der Waals surface area contributed by atoms with E-state index in [9.17, 15) is 31.1 Å². The van der Waals surface area contributed by atoms with Gasteiger partial charge in [-0.25, -0.2) is 4.68 Å². The van der Waals surface area contributed by atoms with Crippen molar-refractivity contribution in [2.45, 2.75) is 16.6 Å². The van der Waals surface area contributed by atoms with Gasteiger partial charge in [0.1, 0.15) is 0 Å². The number of carbonyl (C=O) groups excluding carboxylic acids is 1. The van der Waals surface area contributed by atoms with Crippen molar-refractivity contribution in [2.75, 3.05) is 5.32 Å². The van der Waals surface area contributed by atoms with Crippen LogP contribution in [0.1, 0.15) is 16.1 Å². The topological polar surface area (TPSA) is 46.9 Å². The van der Waals surface area contributed by atoms with Gasteiger partial charge in [0.15, 0.2) is 5.69 Å². The van der Waals surface area contributed by atoms with Gasteiger partial charge < -0.3 is 5.32 Å². The van der Waals surface area contributed by atoms with Crippen LogP contribution in [0.3, 0.4) is 0 Å². The maximum absolute atomic E-state index is 13.4. The molecule has 0 bridgehead atoms. The largest absolute Gasteiger partial charge is 0.446 e. The smallest absolute Gasteiger partial charge is 0.322 e. The average Bonchev–Trinajstić information content (AvgIpc) is 3.26. The molecular weight excluding hydrogens is 563 g/mol. The van der Waals surface area contributed by atoms with E-state index in [4.69, 9.17) is 23.2 Å².